The van der Waals surface area contributed by atoms with Crippen molar-refractivity contribution >= 4 is 0 Å². The third kappa shape index (κ3) is 1.98. The molecule has 0 aromatic heterocycles. The first-order valence-electron chi connectivity index (χ1n) is 6.52. The van der Waals surface area contributed by atoms with Crippen molar-refractivity contribution in [3.8, 4) is 0 Å². The van der Waals surface area contributed by atoms with Gasteiger partial charge in [0.2, 0.25) is 0 Å². The van der Waals surface area contributed by atoms with Gasteiger partial charge in [-0.05, 0) is 50.5 Å². The summed E-state index contributed by atoms with van der Waals surface area (Å²) in [6, 6.07) is 0.824. The summed E-state index contributed by atoms with van der Waals surface area (Å²) in [6.45, 7) is 2.30. The molecule has 2 bridgehead atoms. The van der Waals surface area contributed by atoms with Gasteiger partial charge in [-0.15, -0.1) is 0 Å². The van der Waals surface area contributed by atoms with Crippen LogP contribution in [-0.2, 0) is 0 Å². The highest BCUT2D eigenvalue weighted by atomic mass is 14.9. The molecule has 4 unspecified atom stereocenters. The molecule has 82 valence electrons. The number of hydrogen-bond donors (Lipinski definition) is 1. The SMILES string of the molecule is CCCCC(NC)C1CC2CCC1C2. The van der Waals surface area contributed by atoms with Gasteiger partial charge in [0.15, 0.2) is 0 Å². The molecule has 14 heavy (non-hydrogen) atoms. The van der Waals surface area contributed by atoms with E-state index in [0.717, 1.165) is 23.8 Å². The summed E-state index contributed by atoms with van der Waals surface area (Å²) in [4.78, 5) is 0. The smallest absolute Gasteiger partial charge is 0.00950 e. The van der Waals surface area contributed by atoms with Crippen molar-refractivity contribution in [3.05, 3.63) is 0 Å². The summed E-state index contributed by atoms with van der Waals surface area (Å²) in [6.07, 6.45) is 10.3. The fraction of sp³-hybridized carbons (Fsp3) is 1.00. The number of rotatable bonds is 5. The molecule has 0 aromatic carbocycles. The molecule has 2 fully saturated rings. The van der Waals surface area contributed by atoms with Crippen molar-refractivity contribution in [2.45, 2.75) is 57.9 Å². The van der Waals surface area contributed by atoms with Crippen LogP contribution in [0.25, 0.3) is 0 Å². The fourth-order valence-corrected chi connectivity index (χ4v) is 3.78. The third-order valence-corrected chi connectivity index (χ3v) is 4.55. The lowest BCUT2D eigenvalue weighted by Crippen LogP contribution is -2.36. The van der Waals surface area contributed by atoms with Gasteiger partial charge >= 0.3 is 0 Å². The van der Waals surface area contributed by atoms with E-state index in [-0.39, 0.29) is 0 Å². The molecule has 0 radical (unpaired) electrons. The lowest BCUT2D eigenvalue weighted by Gasteiger charge is -2.30. The number of nitrogens with one attached hydrogen (secondary N) is 1. The minimum Gasteiger partial charge on any atom is -0.317 e. The molecule has 1 N–H and O–H groups in total. The molecular weight excluding hydrogens is 170 g/mol. The van der Waals surface area contributed by atoms with Crippen LogP contribution in [0.3, 0.4) is 0 Å². The Labute approximate surface area is 88.7 Å². The Hall–Kier alpha value is -0.0400. The van der Waals surface area contributed by atoms with Crippen LogP contribution in [0.4, 0.5) is 0 Å². The van der Waals surface area contributed by atoms with Crippen LogP contribution in [-0.4, -0.2) is 13.1 Å². The monoisotopic (exact) mass is 195 g/mol. The minimum atomic E-state index is 0.824. The molecule has 2 rings (SSSR count). The topological polar surface area (TPSA) is 12.0 Å². The lowest BCUT2D eigenvalue weighted by molar-refractivity contribution is 0.244. The van der Waals surface area contributed by atoms with Crippen molar-refractivity contribution in [2.75, 3.05) is 7.05 Å². The van der Waals surface area contributed by atoms with Crippen LogP contribution < -0.4 is 5.32 Å². The predicted molar refractivity (Wildman–Crippen MR) is 61.3 cm³/mol. The normalized spacial score (nSPS) is 37.7. The summed E-state index contributed by atoms with van der Waals surface area (Å²) in [5.74, 6) is 3.20. The van der Waals surface area contributed by atoms with E-state index in [1.165, 1.54) is 38.5 Å². The van der Waals surface area contributed by atoms with Crippen LogP contribution in [0, 0.1) is 17.8 Å². The van der Waals surface area contributed by atoms with E-state index >= 15 is 0 Å². The molecule has 2 aliphatic carbocycles. The molecule has 1 heteroatoms. The standard InChI is InChI=1S/C13H25N/c1-3-4-5-13(14-2)12-9-10-6-7-11(12)8-10/h10-14H,3-9H2,1-2H3. The Kier molecular flexibility index (Phi) is 3.48. The molecule has 0 aromatic rings. The highest BCUT2D eigenvalue weighted by Crippen LogP contribution is 2.50. The van der Waals surface area contributed by atoms with E-state index in [0.29, 0.717) is 0 Å². The molecule has 0 amide bonds. The molecule has 0 spiro atoms. The molecule has 1 nitrogen and oxygen atoms in total. The second-order valence-corrected chi connectivity index (χ2v) is 5.38. The van der Waals surface area contributed by atoms with E-state index in [1.54, 1.807) is 6.42 Å². The van der Waals surface area contributed by atoms with Gasteiger partial charge in [0.05, 0.1) is 0 Å². The summed E-state index contributed by atoms with van der Waals surface area (Å²) in [7, 11) is 2.16. The molecule has 0 saturated heterocycles. The highest BCUT2D eigenvalue weighted by molar-refractivity contribution is 4.94. The maximum atomic E-state index is 3.56. The Morgan fingerprint density at radius 3 is 2.64 bits per heavy atom. The van der Waals surface area contributed by atoms with Crippen molar-refractivity contribution in [3.63, 3.8) is 0 Å². The highest BCUT2D eigenvalue weighted by Gasteiger charge is 2.42. The molecular formula is C13H25N. The van der Waals surface area contributed by atoms with E-state index < -0.39 is 0 Å². The first kappa shape index (κ1) is 10.5. The zero-order chi connectivity index (χ0) is 9.97. The van der Waals surface area contributed by atoms with Gasteiger partial charge in [-0.25, -0.2) is 0 Å². The lowest BCUT2D eigenvalue weighted by atomic mass is 9.81. The van der Waals surface area contributed by atoms with Gasteiger partial charge in [0, 0.05) is 6.04 Å². The van der Waals surface area contributed by atoms with Crippen LogP contribution in [0.15, 0.2) is 0 Å². The second kappa shape index (κ2) is 4.65. The van der Waals surface area contributed by atoms with E-state index in [9.17, 15) is 0 Å². The first-order chi connectivity index (χ1) is 6.85. The summed E-state index contributed by atoms with van der Waals surface area (Å²) in [5.41, 5.74) is 0. The Bertz CT molecular complexity index is 178. The Morgan fingerprint density at radius 1 is 1.29 bits per heavy atom. The van der Waals surface area contributed by atoms with Gasteiger partial charge in [0.1, 0.15) is 0 Å². The molecule has 4 atom stereocenters. The molecule has 0 heterocycles. The van der Waals surface area contributed by atoms with Gasteiger partial charge in [-0.2, -0.15) is 0 Å². The maximum absolute atomic E-state index is 3.56. The molecule has 0 aliphatic heterocycles. The van der Waals surface area contributed by atoms with Gasteiger partial charge < -0.3 is 5.32 Å². The minimum absolute atomic E-state index is 0.824. The first-order valence-corrected chi connectivity index (χ1v) is 6.52. The number of fused-ring (bicyclic) bond motifs is 2. The Balaban J connectivity index is 1.85. The second-order valence-electron chi connectivity index (χ2n) is 5.38. The van der Waals surface area contributed by atoms with Gasteiger partial charge in [0.25, 0.3) is 0 Å². The van der Waals surface area contributed by atoms with Gasteiger partial charge in [-0.1, -0.05) is 26.2 Å². The number of hydrogen-bond acceptors (Lipinski definition) is 1. The summed E-state index contributed by atoms with van der Waals surface area (Å²) in [5, 5.41) is 3.56. The van der Waals surface area contributed by atoms with Crippen LogP contribution in [0.1, 0.15) is 51.9 Å². The van der Waals surface area contributed by atoms with Crippen LogP contribution in [0.5, 0.6) is 0 Å². The Morgan fingerprint density at radius 2 is 2.14 bits per heavy atom. The predicted octanol–water partition coefficient (Wildman–Crippen LogP) is 3.20. The average molecular weight is 195 g/mol. The summed E-state index contributed by atoms with van der Waals surface area (Å²) >= 11 is 0. The summed E-state index contributed by atoms with van der Waals surface area (Å²) < 4.78 is 0. The molecule has 2 saturated carbocycles. The largest absolute Gasteiger partial charge is 0.317 e. The van der Waals surface area contributed by atoms with Crippen molar-refractivity contribution < 1.29 is 0 Å². The fourth-order valence-electron chi connectivity index (χ4n) is 3.78. The maximum Gasteiger partial charge on any atom is 0.00950 e. The quantitative estimate of drug-likeness (QED) is 0.710. The van der Waals surface area contributed by atoms with E-state index in [2.05, 4.69) is 19.3 Å². The van der Waals surface area contributed by atoms with Crippen LogP contribution in [0.2, 0.25) is 0 Å². The number of unbranched alkanes of at least 4 members (excludes halogenated alkanes) is 1. The van der Waals surface area contributed by atoms with Crippen LogP contribution >= 0.6 is 0 Å². The van der Waals surface area contributed by atoms with Crippen molar-refractivity contribution in [1.29, 1.82) is 0 Å². The third-order valence-electron chi connectivity index (χ3n) is 4.55. The van der Waals surface area contributed by atoms with Crippen molar-refractivity contribution in [2.24, 2.45) is 17.8 Å². The zero-order valence-electron chi connectivity index (χ0n) is 9.76. The zero-order valence-corrected chi connectivity index (χ0v) is 9.76. The van der Waals surface area contributed by atoms with E-state index in [4.69, 9.17) is 0 Å². The molecule has 2 aliphatic rings. The van der Waals surface area contributed by atoms with Gasteiger partial charge in [-0.3, -0.25) is 0 Å². The van der Waals surface area contributed by atoms with Crippen molar-refractivity contribution in [1.82, 2.24) is 5.32 Å². The average Bonchev–Trinajstić information content (AvgIpc) is 2.80. The van der Waals surface area contributed by atoms with E-state index in [1.807, 2.05) is 0 Å².